The summed E-state index contributed by atoms with van der Waals surface area (Å²) in [4.78, 5) is 14.4. The molecule has 0 spiro atoms. The van der Waals surface area contributed by atoms with Gasteiger partial charge in [0.2, 0.25) is 15.9 Å². The second-order valence-electron chi connectivity index (χ2n) is 5.41. The molecule has 2 aliphatic heterocycles. The zero-order valence-corrected chi connectivity index (χ0v) is 11.9. The van der Waals surface area contributed by atoms with E-state index in [2.05, 4.69) is 6.92 Å². The number of nitrogens with zero attached hydrogens (tertiary/aromatic N) is 2. The van der Waals surface area contributed by atoms with Crippen LogP contribution in [0.25, 0.3) is 0 Å². The Bertz CT molecular complexity index is 421. The van der Waals surface area contributed by atoms with Gasteiger partial charge in [-0.15, -0.1) is 0 Å². The molecular weight excluding hydrogens is 252 g/mol. The first-order valence-corrected chi connectivity index (χ1v) is 8.53. The van der Waals surface area contributed by atoms with Gasteiger partial charge in [-0.25, -0.2) is 8.42 Å². The summed E-state index contributed by atoms with van der Waals surface area (Å²) in [5.41, 5.74) is 0. The molecule has 2 rings (SSSR count). The molecule has 2 fully saturated rings. The van der Waals surface area contributed by atoms with Crippen molar-refractivity contribution in [3.8, 4) is 0 Å². The summed E-state index contributed by atoms with van der Waals surface area (Å²) in [6.45, 7) is 3.31. The van der Waals surface area contributed by atoms with Gasteiger partial charge < -0.3 is 4.90 Å². The molecule has 5 nitrogen and oxygen atoms in total. The Morgan fingerprint density at radius 2 is 1.83 bits per heavy atom. The fourth-order valence-electron chi connectivity index (χ4n) is 3.00. The van der Waals surface area contributed by atoms with E-state index in [9.17, 15) is 13.2 Å². The van der Waals surface area contributed by atoms with Crippen molar-refractivity contribution in [2.45, 2.75) is 51.1 Å². The highest BCUT2D eigenvalue weighted by atomic mass is 32.2. The molecule has 0 saturated carbocycles. The van der Waals surface area contributed by atoms with E-state index in [0.717, 1.165) is 32.2 Å². The average Bonchev–Trinajstić information content (AvgIpc) is 2.77. The third-order valence-corrected chi connectivity index (χ3v) is 5.29. The summed E-state index contributed by atoms with van der Waals surface area (Å²) in [7, 11) is -3.27. The van der Waals surface area contributed by atoms with Crippen LogP contribution in [0.3, 0.4) is 0 Å². The predicted molar refractivity (Wildman–Crippen MR) is 69.6 cm³/mol. The van der Waals surface area contributed by atoms with Gasteiger partial charge in [0.15, 0.2) is 0 Å². The van der Waals surface area contributed by atoms with Gasteiger partial charge in [-0.05, 0) is 39.0 Å². The SMILES string of the molecule is CC1CCCCN1C(=O)C1CCCN1S(C)(=O)=O. The van der Waals surface area contributed by atoms with Crippen molar-refractivity contribution < 1.29 is 13.2 Å². The number of hydrogen-bond acceptors (Lipinski definition) is 3. The Labute approximate surface area is 109 Å². The van der Waals surface area contributed by atoms with E-state index >= 15 is 0 Å². The van der Waals surface area contributed by atoms with Crippen LogP contribution in [0.5, 0.6) is 0 Å². The van der Waals surface area contributed by atoms with Crippen LogP contribution in [0.2, 0.25) is 0 Å². The lowest BCUT2D eigenvalue weighted by Gasteiger charge is -2.36. The highest BCUT2D eigenvalue weighted by Gasteiger charge is 2.39. The van der Waals surface area contributed by atoms with Crippen molar-refractivity contribution >= 4 is 15.9 Å². The van der Waals surface area contributed by atoms with E-state index < -0.39 is 16.1 Å². The lowest BCUT2D eigenvalue weighted by molar-refractivity contribution is -0.137. The molecule has 0 radical (unpaired) electrons. The second-order valence-corrected chi connectivity index (χ2v) is 7.34. The van der Waals surface area contributed by atoms with E-state index in [1.165, 1.54) is 10.6 Å². The topological polar surface area (TPSA) is 57.7 Å². The van der Waals surface area contributed by atoms with Crippen molar-refractivity contribution in [2.75, 3.05) is 19.3 Å². The zero-order valence-electron chi connectivity index (χ0n) is 11.1. The van der Waals surface area contributed by atoms with Gasteiger partial charge >= 0.3 is 0 Å². The fraction of sp³-hybridized carbons (Fsp3) is 0.917. The van der Waals surface area contributed by atoms with E-state index in [1.807, 2.05) is 4.90 Å². The zero-order chi connectivity index (χ0) is 13.3. The summed E-state index contributed by atoms with van der Waals surface area (Å²) < 4.78 is 24.7. The number of amides is 1. The Morgan fingerprint density at radius 3 is 2.44 bits per heavy atom. The molecule has 0 N–H and O–H groups in total. The summed E-state index contributed by atoms with van der Waals surface area (Å²) in [5, 5.41) is 0. The van der Waals surface area contributed by atoms with Crippen LogP contribution < -0.4 is 0 Å². The predicted octanol–water partition coefficient (Wildman–Crippen LogP) is 0.811. The van der Waals surface area contributed by atoms with Gasteiger partial charge in [0.25, 0.3) is 0 Å². The average molecular weight is 274 g/mol. The van der Waals surface area contributed by atoms with Crippen LogP contribution in [0.1, 0.15) is 39.0 Å². The number of piperidine rings is 1. The molecule has 2 heterocycles. The van der Waals surface area contributed by atoms with Crippen molar-refractivity contribution in [2.24, 2.45) is 0 Å². The van der Waals surface area contributed by atoms with E-state index in [1.54, 1.807) is 0 Å². The first-order valence-electron chi connectivity index (χ1n) is 6.68. The minimum atomic E-state index is -3.27. The molecule has 1 amide bonds. The fourth-order valence-corrected chi connectivity index (χ4v) is 4.12. The molecule has 104 valence electrons. The molecule has 0 bridgehead atoms. The minimum Gasteiger partial charge on any atom is -0.339 e. The quantitative estimate of drug-likeness (QED) is 0.749. The molecule has 0 aromatic heterocycles. The number of carbonyl (C=O) groups is 1. The number of likely N-dealkylation sites (tertiary alicyclic amines) is 1. The standard InChI is InChI=1S/C12H22N2O3S/c1-10-6-3-4-8-13(10)12(15)11-7-5-9-14(11)18(2,16)17/h10-11H,3-9H2,1-2H3. The third-order valence-electron chi connectivity index (χ3n) is 4.00. The van der Waals surface area contributed by atoms with Gasteiger partial charge in [0.1, 0.15) is 6.04 Å². The first kappa shape index (κ1) is 13.8. The van der Waals surface area contributed by atoms with E-state index in [-0.39, 0.29) is 11.9 Å². The monoisotopic (exact) mass is 274 g/mol. The highest BCUT2D eigenvalue weighted by molar-refractivity contribution is 7.88. The molecule has 2 unspecified atom stereocenters. The lowest BCUT2D eigenvalue weighted by atomic mass is 10.0. The van der Waals surface area contributed by atoms with Crippen molar-refractivity contribution in [1.82, 2.24) is 9.21 Å². The van der Waals surface area contributed by atoms with Crippen LogP contribution in [-0.2, 0) is 14.8 Å². The van der Waals surface area contributed by atoms with Crippen molar-refractivity contribution in [1.29, 1.82) is 0 Å². The number of hydrogen-bond donors (Lipinski definition) is 0. The Morgan fingerprint density at radius 1 is 1.11 bits per heavy atom. The Hall–Kier alpha value is -0.620. The molecular formula is C12H22N2O3S. The molecule has 2 aliphatic rings. The Balaban J connectivity index is 2.12. The maximum atomic E-state index is 12.5. The maximum Gasteiger partial charge on any atom is 0.241 e. The number of carbonyl (C=O) groups excluding carboxylic acids is 1. The lowest BCUT2D eigenvalue weighted by Crippen LogP contribution is -2.51. The van der Waals surface area contributed by atoms with E-state index in [0.29, 0.717) is 13.0 Å². The van der Waals surface area contributed by atoms with Crippen LogP contribution in [-0.4, -0.2) is 55.0 Å². The molecule has 2 atom stereocenters. The van der Waals surface area contributed by atoms with Crippen molar-refractivity contribution in [3.63, 3.8) is 0 Å². The van der Waals surface area contributed by atoms with E-state index in [4.69, 9.17) is 0 Å². The van der Waals surface area contributed by atoms with Crippen LogP contribution >= 0.6 is 0 Å². The minimum absolute atomic E-state index is 0.00475. The Kier molecular flexibility index (Phi) is 3.96. The molecule has 18 heavy (non-hydrogen) atoms. The van der Waals surface area contributed by atoms with Gasteiger partial charge in [-0.3, -0.25) is 4.79 Å². The highest BCUT2D eigenvalue weighted by Crippen LogP contribution is 2.25. The van der Waals surface area contributed by atoms with Gasteiger partial charge in [-0.1, -0.05) is 0 Å². The summed E-state index contributed by atoms with van der Waals surface area (Å²) >= 11 is 0. The van der Waals surface area contributed by atoms with Crippen molar-refractivity contribution in [3.05, 3.63) is 0 Å². The molecule has 6 heteroatoms. The number of rotatable bonds is 2. The summed E-state index contributed by atoms with van der Waals surface area (Å²) in [6.07, 6.45) is 5.85. The molecule has 0 aromatic rings. The summed E-state index contributed by atoms with van der Waals surface area (Å²) in [5.74, 6) is 0.00475. The van der Waals surface area contributed by atoms with Gasteiger partial charge in [0, 0.05) is 19.1 Å². The maximum absolute atomic E-state index is 12.5. The molecule has 0 aromatic carbocycles. The van der Waals surface area contributed by atoms with Crippen LogP contribution in [0.4, 0.5) is 0 Å². The first-order chi connectivity index (χ1) is 8.41. The smallest absolute Gasteiger partial charge is 0.241 e. The summed E-state index contributed by atoms with van der Waals surface area (Å²) in [6, 6.07) is -0.214. The van der Waals surface area contributed by atoms with Gasteiger partial charge in [-0.2, -0.15) is 4.31 Å². The molecule has 2 saturated heterocycles. The van der Waals surface area contributed by atoms with Gasteiger partial charge in [0.05, 0.1) is 6.26 Å². The number of sulfonamides is 1. The molecule has 0 aliphatic carbocycles. The second kappa shape index (κ2) is 5.17. The third kappa shape index (κ3) is 2.69. The van der Waals surface area contributed by atoms with Crippen LogP contribution in [0.15, 0.2) is 0 Å². The normalized spacial score (nSPS) is 30.7. The van der Waals surface area contributed by atoms with Crippen LogP contribution in [0, 0.1) is 0 Å². The largest absolute Gasteiger partial charge is 0.339 e.